The van der Waals surface area contributed by atoms with Gasteiger partial charge >= 0.3 is 8.35 Å². The quantitative estimate of drug-likeness (QED) is 0.450. The summed E-state index contributed by atoms with van der Waals surface area (Å²) in [5, 5.41) is 0. The van der Waals surface area contributed by atoms with E-state index in [2.05, 4.69) is 6.92 Å². The summed E-state index contributed by atoms with van der Waals surface area (Å²) in [4.78, 5) is 0. The number of halogens is 1. The van der Waals surface area contributed by atoms with Crippen molar-refractivity contribution in [1.29, 1.82) is 0 Å². The predicted molar refractivity (Wildman–Crippen MR) is 42.9 cm³/mol. The molecular weight excluding hydrogens is 152 g/mol. The standard InChI is InChI=1S/C6H14ClOSi/c1-3-5-6-9(7)8-4-2/h3-6H2,1-2H3. The zero-order chi connectivity index (χ0) is 7.11. The van der Waals surface area contributed by atoms with Crippen LogP contribution in [0.25, 0.3) is 0 Å². The van der Waals surface area contributed by atoms with Gasteiger partial charge in [-0.15, -0.1) is 11.1 Å². The highest BCUT2D eigenvalue weighted by Gasteiger charge is 2.05. The van der Waals surface area contributed by atoms with Gasteiger partial charge in [-0.05, 0) is 13.0 Å². The molecule has 0 unspecified atom stereocenters. The van der Waals surface area contributed by atoms with Gasteiger partial charge in [-0.3, -0.25) is 0 Å². The van der Waals surface area contributed by atoms with E-state index < -0.39 is 8.35 Å². The third-order valence-electron chi connectivity index (χ3n) is 1.03. The largest absolute Gasteiger partial charge is 0.403 e. The van der Waals surface area contributed by atoms with Crippen molar-refractivity contribution in [3.63, 3.8) is 0 Å². The topological polar surface area (TPSA) is 9.23 Å². The van der Waals surface area contributed by atoms with Gasteiger partial charge in [0.15, 0.2) is 0 Å². The molecule has 0 N–H and O–H groups in total. The molecule has 0 spiro atoms. The molecule has 0 amide bonds. The maximum atomic E-state index is 5.84. The molecule has 0 aromatic rings. The van der Waals surface area contributed by atoms with Crippen LogP contribution in [0.1, 0.15) is 26.7 Å². The summed E-state index contributed by atoms with van der Waals surface area (Å²) in [5.41, 5.74) is 0. The van der Waals surface area contributed by atoms with Crippen molar-refractivity contribution in [3.8, 4) is 0 Å². The third kappa shape index (κ3) is 6.35. The third-order valence-corrected chi connectivity index (χ3v) is 3.27. The van der Waals surface area contributed by atoms with Crippen molar-refractivity contribution < 1.29 is 4.43 Å². The summed E-state index contributed by atoms with van der Waals surface area (Å²) < 4.78 is 5.21. The van der Waals surface area contributed by atoms with Gasteiger partial charge in [0.05, 0.1) is 0 Å². The van der Waals surface area contributed by atoms with Crippen molar-refractivity contribution >= 4 is 19.4 Å². The first kappa shape index (κ1) is 9.47. The smallest absolute Gasteiger partial charge is 0.323 e. The maximum Gasteiger partial charge on any atom is 0.323 e. The van der Waals surface area contributed by atoms with E-state index in [1.807, 2.05) is 6.92 Å². The Labute approximate surface area is 63.8 Å². The molecule has 0 aliphatic rings. The number of unbranched alkanes of at least 4 members (excludes halogenated alkanes) is 1. The lowest BCUT2D eigenvalue weighted by atomic mass is 10.4. The van der Waals surface area contributed by atoms with E-state index in [0.29, 0.717) is 0 Å². The van der Waals surface area contributed by atoms with E-state index in [4.69, 9.17) is 15.5 Å². The molecule has 55 valence electrons. The first-order chi connectivity index (χ1) is 4.31. The Morgan fingerprint density at radius 3 is 2.56 bits per heavy atom. The van der Waals surface area contributed by atoms with E-state index in [-0.39, 0.29) is 0 Å². The molecule has 0 rings (SSSR count). The van der Waals surface area contributed by atoms with Gasteiger partial charge < -0.3 is 4.43 Å². The molecular formula is C6H14ClOSi. The Bertz CT molecular complexity index is 61.0. The van der Waals surface area contributed by atoms with Crippen LogP contribution in [-0.2, 0) is 4.43 Å². The summed E-state index contributed by atoms with van der Waals surface area (Å²) in [6.45, 7) is 4.92. The van der Waals surface area contributed by atoms with Crippen molar-refractivity contribution in [2.45, 2.75) is 32.7 Å². The number of rotatable bonds is 5. The van der Waals surface area contributed by atoms with E-state index in [1.54, 1.807) is 0 Å². The fourth-order valence-corrected chi connectivity index (χ4v) is 2.36. The maximum absolute atomic E-state index is 5.84. The molecule has 0 saturated carbocycles. The molecule has 0 aliphatic heterocycles. The summed E-state index contributed by atoms with van der Waals surface area (Å²) in [6, 6.07) is 1.08. The average molecular weight is 166 g/mol. The first-order valence-corrected chi connectivity index (χ1v) is 6.08. The zero-order valence-electron chi connectivity index (χ0n) is 6.11. The van der Waals surface area contributed by atoms with Crippen LogP contribution >= 0.6 is 11.1 Å². The van der Waals surface area contributed by atoms with Crippen molar-refractivity contribution in [2.75, 3.05) is 6.61 Å². The lowest BCUT2D eigenvalue weighted by molar-refractivity contribution is 0.353. The van der Waals surface area contributed by atoms with Crippen molar-refractivity contribution in [1.82, 2.24) is 0 Å². The van der Waals surface area contributed by atoms with Crippen LogP contribution in [0.5, 0.6) is 0 Å². The highest BCUT2D eigenvalue weighted by atomic mass is 35.6. The molecule has 1 nitrogen and oxygen atoms in total. The van der Waals surface area contributed by atoms with Gasteiger partial charge in [-0.2, -0.15) is 0 Å². The normalized spacial score (nSPS) is 10.7. The fraction of sp³-hybridized carbons (Fsp3) is 1.00. The molecule has 0 bridgehead atoms. The van der Waals surface area contributed by atoms with Crippen molar-refractivity contribution in [2.24, 2.45) is 0 Å². The van der Waals surface area contributed by atoms with E-state index in [0.717, 1.165) is 12.7 Å². The minimum Gasteiger partial charge on any atom is -0.403 e. The summed E-state index contributed by atoms with van der Waals surface area (Å²) in [6.07, 6.45) is 2.42. The summed E-state index contributed by atoms with van der Waals surface area (Å²) in [7, 11) is -0.931. The molecule has 0 heterocycles. The Morgan fingerprint density at radius 2 is 2.11 bits per heavy atom. The summed E-state index contributed by atoms with van der Waals surface area (Å²) >= 11 is 5.84. The SMILES string of the molecule is CCCC[Si](Cl)OCC. The minimum atomic E-state index is -0.931. The lowest BCUT2D eigenvalue weighted by Crippen LogP contribution is -2.09. The molecule has 0 aliphatic carbocycles. The van der Waals surface area contributed by atoms with Gasteiger partial charge in [0.2, 0.25) is 0 Å². The molecule has 9 heavy (non-hydrogen) atoms. The van der Waals surface area contributed by atoms with Gasteiger partial charge in [0, 0.05) is 6.61 Å². The second-order valence-electron chi connectivity index (χ2n) is 1.89. The minimum absolute atomic E-state index is 0.765. The van der Waals surface area contributed by atoms with Gasteiger partial charge in [0.1, 0.15) is 0 Å². The monoisotopic (exact) mass is 165 g/mol. The van der Waals surface area contributed by atoms with Crippen LogP contribution < -0.4 is 0 Å². The molecule has 0 fully saturated rings. The fourth-order valence-electron chi connectivity index (χ4n) is 0.545. The van der Waals surface area contributed by atoms with E-state index >= 15 is 0 Å². The Balaban J connectivity index is 2.95. The molecule has 0 aromatic heterocycles. The average Bonchev–Trinajstić information content (AvgIpc) is 1.85. The second-order valence-corrected chi connectivity index (χ2v) is 4.66. The lowest BCUT2D eigenvalue weighted by Gasteiger charge is -2.03. The van der Waals surface area contributed by atoms with Gasteiger partial charge in [-0.1, -0.05) is 19.8 Å². The van der Waals surface area contributed by atoms with Crippen LogP contribution in [0.2, 0.25) is 6.04 Å². The van der Waals surface area contributed by atoms with E-state index in [9.17, 15) is 0 Å². The molecule has 0 atom stereocenters. The second kappa shape index (κ2) is 6.58. The van der Waals surface area contributed by atoms with Gasteiger partial charge in [0.25, 0.3) is 0 Å². The highest BCUT2D eigenvalue weighted by Crippen LogP contribution is 2.05. The predicted octanol–water partition coefficient (Wildman–Crippen LogP) is 2.55. The molecule has 3 heteroatoms. The number of hydrogen-bond acceptors (Lipinski definition) is 1. The summed E-state index contributed by atoms with van der Waals surface area (Å²) in [5.74, 6) is 0. The zero-order valence-corrected chi connectivity index (χ0v) is 7.87. The first-order valence-electron chi connectivity index (χ1n) is 3.45. The van der Waals surface area contributed by atoms with Crippen LogP contribution in [0, 0.1) is 0 Å². The van der Waals surface area contributed by atoms with E-state index in [1.165, 1.54) is 12.8 Å². The molecule has 0 aromatic carbocycles. The van der Waals surface area contributed by atoms with Crippen LogP contribution in [0.4, 0.5) is 0 Å². The Kier molecular flexibility index (Phi) is 6.93. The Morgan fingerprint density at radius 1 is 1.44 bits per heavy atom. The van der Waals surface area contributed by atoms with Crippen LogP contribution in [-0.4, -0.2) is 15.0 Å². The van der Waals surface area contributed by atoms with Gasteiger partial charge in [-0.25, -0.2) is 0 Å². The van der Waals surface area contributed by atoms with Crippen LogP contribution in [0.15, 0.2) is 0 Å². The van der Waals surface area contributed by atoms with Crippen LogP contribution in [0.3, 0.4) is 0 Å². The molecule has 0 saturated heterocycles. The number of hydrogen-bond donors (Lipinski definition) is 0. The van der Waals surface area contributed by atoms with Crippen molar-refractivity contribution in [3.05, 3.63) is 0 Å². The highest BCUT2D eigenvalue weighted by molar-refractivity contribution is 7.03. The Hall–Kier alpha value is 0.467. The molecule has 1 radical (unpaired) electrons.